The van der Waals surface area contributed by atoms with E-state index in [4.69, 9.17) is 30.9 Å². The second-order valence-electron chi connectivity index (χ2n) is 16.1. The minimum Gasteiger partial charge on any atom is -0.496 e. The lowest BCUT2D eigenvalue weighted by Crippen LogP contribution is -2.53. The third-order valence-corrected chi connectivity index (χ3v) is 12.6. The molecule has 0 saturated heterocycles. The molecule has 54 heavy (non-hydrogen) atoms. The van der Waals surface area contributed by atoms with Crippen LogP contribution in [0.2, 0.25) is 0 Å². The molecule has 0 bridgehead atoms. The van der Waals surface area contributed by atoms with Crippen molar-refractivity contribution in [2.45, 2.75) is 78.8 Å². The first-order chi connectivity index (χ1) is 25.6. The zero-order chi connectivity index (χ0) is 38.9. The molecule has 2 amide bonds. The summed E-state index contributed by atoms with van der Waals surface area (Å²) < 4.78 is 15.5. The van der Waals surface area contributed by atoms with Gasteiger partial charge >= 0.3 is 0 Å². The molecule has 12 nitrogen and oxygen atoms in total. The number of hydrogen-bond donors (Lipinski definition) is 2. The van der Waals surface area contributed by atoms with Gasteiger partial charge in [0.1, 0.15) is 23.1 Å². The fraction of sp³-hybridized carbons (Fsp3) is 0.500. The first-order valence-corrected chi connectivity index (χ1v) is 20.9. The van der Waals surface area contributed by atoms with Crippen LogP contribution in [0.5, 0.6) is 11.5 Å². The lowest BCUT2D eigenvalue weighted by molar-refractivity contribution is -0.139. The molecule has 2 aliphatic rings. The molecule has 0 saturated carbocycles. The van der Waals surface area contributed by atoms with Gasteiger partial charge < -0.3 is 39.9 Å². The lowest BCUT2D eigenvalue weighted by atomic mass is 9.83. The van der Waals surface area contributed by atoms with Crippen molar-refractivity contribution < 1.29 is 19.1 Å². The van der Waals surface area contributed by atoms with Crippen molar-refractivity contribution in [1.82, 2.24) is 28.9 Å². The third kappa shape index (κ3) is 8.02. The van der Waals surface area contributed by atoms with E-state index in [0.717, 1.165) is 45.7 Å². The molecule has 0 unspecified atom stereocenters. The minimum atomic E-state index is -0.724. The Bertz CT molecular complexity index is 1830. The average molecular weight is 775 g/mol. The van der Waals surface area contributed by atoms with Gasteiger partial charge in [0.2, 0.25) is 11.8 Å². The number of carbonyl (C=O) groups is 2. The van der Waals surface area contributed by atoms with E-state index in [9.17, 15) is 9.59 Å². The predicted molar refractivity (Wildman–Crippen MR) is 217 cm³/mol. The second kappa shape index (κ2) is 16.0. The highest BCUT2D eigenvalue weighted by Gasteiger charge is 2.43. The van der Waals surface area contributed by atoms with E-state index in [2.05, 4.69) is 50.7 Å². The van der Waals surface area contributed by atoms with Gasteiger partial charge in [0.15, 0.2) is 0 Å². The molecular formula is C40H54N8O4S2. The largest absolute Gasteiger partial charge is 0.496 e. The number of fused-ring (bicyclic) bond motifs is 2. The van der Waals surface area contributed by atoms with E-state index in [1.165, 1.54) is 21.6 Å². The molecule has 290 valence electrons. The molecule has 2 aliphatic heterocycles. The summed E-state index contributed by atoms with van der Waals surface area (Å²) in [5.41, 5.74) is 16.0. The summed E-state index contributed by atoms with van der Waals surface area (Å²) in [7, 11) is 6.26. The maximum Gasteiger partial charge on any atom is 0.241 e. The number of aromatic nitrogens is 4. The lowest BCUT2D eigenvalue weighted by Gasteiger charge is -2.44. The molecular weight excluding hydrogens is 721 g/mol. The number of rotatable bonds is 11. The Balaban J connectivity index is 1.08. The van der Waals surface area contributed by atoms with Crippen LogP contribution in [0.15, 0.2) is 60.9 Å². The molecule has 4 aromatic rings. The van der Waals surface area contributed by atoms with Crippen molar-refractivity contribution in [1.29, 1.82) is 0 Å². The summed E-state index contributed by atoms with van der Waals surface area (Å²) in [5.74, 6) is 3.73. The summed E-state index contributed by atoms with van der Waals surface area (Å²) in [6.07, 6.45) is 4.09. The Kier molecular flexibility index (Phi) is 11.8. The minimum absolute atomic E-state index is 0.110. The van der Waals surface area contributed by atoms with Crippen molar-refractivity contribution in [3.05, 3.63) is 72.6 Å². The Morgan fingerprint density at radius 3 is 1.41 bits per heavy atom. The number of benzene rings is 2. The van der Waals surface area contributed by atoms with Gasteiger partial charge in [-0.15, -0.1) is 0 Å². The normalized spacial score (nSPS) is 18.5. The maximum atomic E-state index is 14.0. The number of amides is 2. The van der Waals surface area contributed by atoms with Crippen LogP contribution < -0.4 is 20.9 Å². The standard InChI is InChI=1S/C40H54N8O4S2/c1-39(2,3)33-35-43-29(25-13-9-11-15-31(25)51-7)21-45(35)17-19-47(33)37(49)27(41)23-53-54-24-28(42)38(50)48-20-18-46-22-30(26-14-10-12-16-32(26)52-8)44-36(46)34(48)40(4,5)6/h9-16,21-22,27-28,33-34H,17-20,23-24,41-42H2,1-8H3/t27-,28-,33-,34-/m1/s1. The summed E-state index contributed by atoms with van der Waals surface area (Å²) in [6.45, 7) is 15.0. The fourth-order valence-electron chi connectivity index (χ4n) is 7.59. The van der Waals surface area contributed by atoms with Gasteiger partial charge in [-0.05, 0) is 35.1 Å². The molecule has 14 heteroatoms. The third-order valence-electron chi connectivity index (χ3n) is 10.1. The maximum absolute atomic E-state index is 14.0. The highest BCUT2D eigenvalue weighted by atomic mass is 33.1. The zero-order valence-corrected chi connectivity index (χ0v) is 34.2. The van der Waals surface area contributed by atoms with Gasteiger partial charge in [-0.2, -0.15) is 0 Å². The van der Waals surface area contributed by atoms with Crippen molar-refractivity contribution >= 4 is 33.4 Å². The smallest absolute Gasteiger partial charge is 0.241 e. The van der Waals surface area contributed by atoms with Crippen LogP contribution in [0.25, 0.3) is 22.5 Å². The van der Waals surface area contributed by atoms with Gasteiger partial charge in [0.25, 0.3) is 0 Å². The zero-order valence-electron chi connectivity index (χ0n) is 32.6. The van der Waals surface area contributed by atoms with Crippen LogP contribution in [0.4, 0.5) is 0 Å². The number of nitrogens with zero attached hydrogens (tertiary/aromatic N) is 6. The molecule has 0 fully saturated rings. The van der Waals surface area contributed by atoms with Crippen molar-refractivity contribution in [3.63, 3.8) is 0 Å². The molecule has 4 heterocycles. The summed E-state index contributed by atoms with van der Waals surface area (Å²) >= 11 is 0. The number of nitrogens with two attached hydrogens (primary N) is 2. The van der Waals surface area contributed by atoms with E-state index in [0.29, 0.717) is 37.7 Å². The first kappa shape index (κ1) is 39.7. The van der Waals surface area contributed by atoms with Gasteiger partial charge in [-0.3, -0.25) is 9.59 Å². The van der Waals surface area contributed by atoms with E-state index in [1.807, 2.05) is 70.7 Å². The Morgan fingerprint density at radius 2 is 1.06 bits per heavy atom. The van der Waals surface area contributed by atoms with Crippen LogP contribution in [-0.2, 0) is 22.7 Å². The number of imidazole rings is 2. The first-order valence-electron chi connectivity index (χ1n) is 18.4. The quantitative estimate of drug-likeness (QED) is 0.137. The van der Waals surface area contributed by atoms with Crippen LogP contribution in [0.1, 0.15) is 65.3 Å². The van der Waals surface area contributed by atoms with E-state index in [1.54, 1.807) is 14.2 Å². The van der Waals surface area contributed by atoms with Gasteiger partial charge in [0.05, 0.1) is 49.8 Å². The highest BCUT2D eigenvalue weighted by molar-refractivity contribution is 8.76. The van der Waals surface area contributed by atoms with E-state index in [-0.39, 0.29) is 34.7 Å². The molecule has 6 rings (SSSR count). The number of methoxy groups -OCH3 is 2. The summed E-state index contributed by atoms with van der Waals surface area (Å²) in [5, 5.41) is 0. The van der Waals surface area contributed by atoms with Crippen molar-refractivity contribution in [2.75, 3.05) is 38.8 Å². The second-order valence-corrected chi connectivity index (χ2v) is 18.7. The summed E-state index contributed by atoms with van der Waals surface area (Å²) in [6, 6.07) is 13.7. The summed E-state index contributed by atoms with van der Waals surface area (Å²) in [4.78, 5) is 41.8. The molecule has 0 aliphatic carbocycles. The van der Waals surface area contributed by atoms with E-state index >= 15 is 0 Å². The molecule has 4 N–H and O–H groups in total. The highest BCUT2D eigenvalue weighted by Crippen LogP contribution is 2.43. The Labute approximate surface area is 326 Å². The predicted octanol–water partition coefficient (Wildman–Crippen LogP) is 6.03. The van der Waals surface area contributed by atoms with Crippen LogP contribution in [0.3, 0.4) is 0 Å². The van der Waals surface area contributed by atoms with Gasteiger partial charge in [0, 0.05) is 61.2 Å². The molecule has 2 aromatic carbocycles. The molecule has 0 radical (unpaired) electrons. The van der Waals surface area contributed by atoms with Gasteiger partial charge in [-0.1, -0.05) is 87.4 Å². The fourth-order valence-corrected chi connectivity index (χ4v) is 9.82. The van der Waals surface area contributed by atoms with E-state index < -0.39 is 12.1 Å². The monoisotopic (exact) mass is 774 g/mol. The van der Waals surface area contributed by atoms with Crippen LogP contribution >= 0.6 is 21.6 Å². The number of carbonyl (C=O) groups excluding carboxylic acids is 2. The molecule has 4 atom stereocenters. The average Bonchev–Trinajstić information content (AvgIpc) is 3.78. The van der Waals surface area contributed by atoms with Crippen molar-refractivity contribution in [2.24, 2.45) is 22.3 Å². The Morgan fingerprint density at radius 1 is 0.685 bits per heavy atom. The van der Waals surface area contributed by atoms with Gasteiger partial charge in [-0.25, -0.2) is 9.97 Å². The molecule has 0 spiro atoms. The molecule has 2 aromatic heterocycles. The SMILES string of the molecule is COc1ccccc1-c1cn2c(n1)[C@H](C(C)(C)C)N(C(=O)[C@H](N)CSSC[C@@H](N)C(=O)N1CCn3cc(-c4ccccc4OC)nc3[C@@H]1C(C)(C)C)CC2. The van der Waals surface area contributed by atoms with Crippen molar-refractivity contribution in [3.8, 4) is 34.0 Å². The number of para-hydroxylation sites is 2. The number of ether oxygens (including phenoxy) is 2. The number of hydrogen-bond acceptors (Lipinski definition) is 10. The Hall–Kier alpha value is -3.98. The van der Waals surface area contributed by atoms with Crippen LogP contribution in [-0.4, -0.2) is 91.6 Å². The topological polar surface area (TPSA) is 147 Å². The van der Waals surface area contributed by atoms with Crippen LogP contribution in [0, 0.1) is 10.8 Å².